The molecule has 0 radical (unpaired) electrons. The van der Waals surface area contributed by atoms with Crippen molar-refractivity contribution in [1.82, 2.24) is 4.57 Å². The van der Waals surface area contributed by atoms with E-state index >= 15 is 4.57 Å². The van der Waals surface area contributed by atoms with Crippen LogP contribution < -0.4 is 15.3 Å². The molecule has 0 saturated carbocycles. The molecule has 0 bridgehead atoms. The van der Waals surface area contributed by atoms with Gasteiger partial charge in [0.1, 0.15) is 0 Å². The lowest BCUT2D eigenvalue weighted by Gasteiger charge is -2.40. The standard InChI is InChI=1S/C42H29N2OP/c45-46(34-18-8-3-9-19-34)42-23-13-11-21-36(42)38-29-31(25-27-41(38)44(46)33-16-6-2-7-17-33)30-24-26-40-37(28-30)35-20-10-12-22-39(35)43(40)32-14-4-1-5-15-32/h1-29H. The largest absolute Gasteiger partial charge is 0.309 e. The van der Waals surface area contributed by atoms with Gasteiger partial charge in [-0.15, -0.1) is 0 Å². The summed E-state index contributed by atoms with van der Waals surface area (Å²) in [6, 6.07) is 60.8. The first-order valence-electron chi connectivity index (χ1n) is 15.6. The molecule has 4 heteroatoms. The van der Waals surface area contributed by atoms with Gasteiger partial charge in [-0.25, -0.2) is 0 Å². The summed E-state index contributed by atoms with van der Waals surface area (Å²) in [5, 5.41) is 4.12. The molecule has 218 valence electrons. The Hall–Kier alpha value is -5.63. The highest BCUT2D eigenvalue weighted by Crippen LogP contribution is 2.61. The molecule has 0 N–H and O–H groups in total. The van der Waals surface area contributed by atoms with Gasteiger partial charge in [0.2, 0.25) is 7.29 Å². The van der Waals surface area contributed by atoms with Gasteiger partial charge in [-0.1, -0.05) is 103 Å². The van der Waals surface area contributed by atoms with Crippen LogP contribution in [0.4, 0.5) is 11.4 Å². The molecular weight excluding hydrogens is 579 g/mol. The quantitative estimate of drug-likeness (QED) is 0.186. The van der Waals surface area contributed by atoms with Crippen LogP contribution in [0.5, 0.6) is 0 Å². The van der Waals surface area contributed by atoms with Crippen LogP contribution in [-0.2, 0) is 4.57 Å². The van der Waals surface area contributed by atoms with Crippen molar-refractivity contribution in [2.75, 3.05) is 4.67 Å². The lowest BCUT2D eigenvalue weighted by Crippen LogP contribution is -2.33. The van der Waals surface area contributed by atoms with Crippen LogP contribution in [0.1, 0.15) is 0 Å². The highest BCUT2D eigenvalue weighted by atomic mass is 31.2. The van der Waals surface area contributed by atoms with E-state index in [9.17, 15) is 0 Å². The van der Waals surface area contributed by atoms with E-state index in [2.05, 4.69) is 118 Å². The van der Waals surface area contributed by atoms with E-state index in [1.165, 1.54) is 21.8 Å². The van der Waals surface area contributed by atoms with Gasteiger partial charge in [-0.3, -0.25) is 9.24 Å². The minimum absolute atomic E-state index is 0.821. The average molecular weight is 609 g/mol. The van der Waals surface area contributed by atoms with Crippen LogP contribution in [-0.4, -0.2) is 4.57 Å². The van der Waals surface area contributed by atoms with Gasteiger partial charge in [-0.2, -0.15) is 0 Å². The fourth-order valence-corrected chi connectivity index (χ4v) is 10.2. The number of benzene rings is 7. The van der Waals surface area contributed by atoms with Crippen LogP contribution >= 0.6 is 7.29 Å². The lowest BCUT2D eigenvalue weighted by molar-refractivity contribution is 0.587. The molecule has 7 aromatic carbocycles. The predicted octanol–water partition coefficient (Wildman–Crippen LogP) is 10.5. The molecular formula is C42H29N2OP. The number of para-hydroxylation sites is 3. The molecule has 1 aliphatic rings. The summed E-state index contributed by atoms with van der Waals surface area (Å²) in [5.41, 5.74) is 9.73. The van der Waals surface area contributed by atoms with E-state index in [0.29, 0.717) is 0 Å². The Morgan fingerprint density at radius 3 is 1.80 bits per heavy atom. The van der Waals surface area contributed by atoms with Gasteiger partial charge < -0.3 is 4.57 Å². The smallest absolute Gasteiger partial charge is 0.234 e. The Kier molecular flexibility index (Phi) is 6.09. The van der Waals surface area contributed by atoms with E-state index in [0.717, 1.165) is 49.9 Å². The normalized spacial score (nSPS) is 15.5. The summed E-state index contributed by atoms with van der Waals surface area (Å²) >= 11 is 0. The Morgan fingerprint density at radius 1 is 0.435 bits per heavy atom. The van der Waals surface area contributed by atoms with Crippen LogP contribution in [0.15, 0.2) is 176 Å². The molecule has 1 unspecified atom stereocenters. The SMILES string of the molecule is O=P1(c2ccccc2)c2ccccc2-c2cc(-c3ccc4c(c3)c3ccccc3n4-c3ccccc3)ccc2N1c1ccccc1. The maximum Gasteiger partial charge on any atom is 0.234 e. The van der Waals surface area contributed by atoms with Crippen LogP contribution in [0, 0.1) is 0 Å². The van der Waals surface area contributed by atoms with Crippen molar-refractivity contribution in [2.24, 2.45) is 0 Å². The first-order chi connectivity index (χ1) is 22.7. The summed E-state index contributed by atoms with van der Waals surface area (Å²) in [5.74, 6) is 0. The van der Waals surface area contributed by atoms with Crippen molar-refractivity contribution in [3.05, 3.63) is 176 Å². The van der Waals surface area contributed by atoms with E-state index in [1.54, 1.807) is 0 Å². The lowest BCUT2D eigenvalue weighted by atomic mass is 9.96. The monoisotopic (exact) mass is 608 g/mol. The number of nitrogens with zero attached hydrogens (tertiary/aromatic N) is 2. The van der Waals surface area contributed by atoms with Gasteiger partial charge >= 0.3 is 0 Å². The van der Waals surface area contributed by atoms with Gasteiger partial charge in [-0.05, 0) is 89.5 Å². The summed E-state index contributed by atoms with van der Waals surface area (Å²) in [6.45, 7) is 0. The molecule has 1 atom stereocenters. The number of hydrogen-bond acceptors (Lipinski definition) is 1. The Balaban J connectivity index is 1.27. The highest BCUT2D eigenvalue weighted by Gasteiger charge is 2.42. The molecule has 0 saturated heterocycles. The number of rotatable bonds is 4. The molecule has 1 aliphatic heterocycles. The zero-order chi connectivity index (χ0) is 30.7. The minimum Gasteiger partial charge on any atom is -0.309 e. The third-order valence-corrected chi connectivity index (χ3v) is 12.2. The molecule has 9 rings (SSSR count). The molecule has 0 aliphatic carbocycles. The summed E-state index contributed by atoms with van der Waals surface area (Å²) in [4.78, 5) is 0. The third-order valence-electron chi connectivity index (χ3n) is 9.15. The maximum atomic E-state index is 15.6. The Bertz CT molecular complexity index is 2450. The van der Waals surface area contributed by atoms with Gasteiger partial charge in [0.15, 0.2) is 0 Å². The predicted molar refractivity (Wildman–Crippen MR) is 194 cm³/mol. The molecule has 8 aromatic rings. The van der Waals surface area contributed by atoms with E-state index in [1.807, 2.05) is 66.7 Å². The zero-order valence-corrected chi connectivity index (χ0v) is 25.9. The first-order valence-corrected chi connectivity index (χ1v) is 17.2. The van der Waals surface area contributed by atoms with Crippen LogP contribution in [0.2, 0.25) is 0 Å². The van der Waals surface area contributed by atoms with Crippen molar-refractivity contribution in [2.45, 2.75) is 0 Å². The second-order valence-corrected chi connectivity index (χ2v) is 14.3. The zero-order valence-electron chi connectivity index (χ0n) is 25.0. The third kappa shape index (κ3) is 3.96. The second kappa shape index (κ2) is 10.5. The second-order valence-electron chi connectivity index (χ2n) is 11.7. The summed E-state index contributed by atoms with van der Waals surface area (Å²) < 4.78 is 20.0. The molecule has 1 aromatic heterocycles. The van der Waals surface area contributed by atoms with Crippen molar-refractivity contribution < 1.29 is 4.57 Å². The van der Waals surface area contributed by atoms with Crippen LogP contribution in [0.25, 0.3) is 49.7 Å². The summed E-state index contributed by atoms with van der Waals surface area (Å²) in [6.07, 6.45) is 0. The number of aromatic nitrogens is 1. The van der Waals surface area contributed by atoms with Crippen molar-refractivity contribution in [3.8, 4) is 27.9 Å². The molecule has 0 spiro atoms. The van der Waals surface area contributed by atoms with E-state index in [4.69, 9.17) is 0 Å². The Morgan fingerprint density at radius 2 is 1.02 bits per heavy atom. The maximum absolute atomic E-state index is 15.6. The topological polar surface area (TPSA) is 25.2 Å². The average Bonchev–Trinajstić information content (AvgIpc) is 3.46. The fourth-order valence-electron chi connectivity index (χ4n) is 7.10. The van der Waals surface area contributed by atoms with Crippen molar-refractivity contribution >= 4 is 51.1 Å². The van der Waals surface area contributed by atoms with Gasteiger partial charge in [0.05, 0.1) is 16.7 Å². The summed E-state index contributed by atoms with van der Waals surface area (Å²) in [7, 11) is -3.26. The molecule has 0 fully saturated rings. The first kappa shape index (κ1) is 26.7. The molecule has 2 heterocycles. The van der Waals surface area contributed by atoms with E-state index in [-0.39, 0.29) is 0 Å². The molecule has 3 nitrogen and oxygen atoms in total. The van der Waals surface area contributed by atoms with Crippen molar-refractivity contribution in [3.63, 3.8) is 0 Å². The number of fused-ring (bicyclic) bond motifs is 6. The minimum atomic E-state index is -3.26. The van der Waals surface area contributed by atoms with Gasteiger partial charge in [0, 0.05) is 38.3 Å². The van der Waals surface area contributed by atoms with Gasteiger partial charge in [0.25, 0.3) is 0 Å². The molecule has 46 heavy (non-hydrogen) atoms. The van der Waals surface area contributed by atoms with Crippen molar-refractivity contribution in [1.29, 1.82) is 0 Å². The highest BCUT2D eigenvalue weighted by molar-refractivity contribution is 7.80. The van der Waals surface area contributed by atoms with E-state index < -0.39 is 7.29 Å². The fraction of sp³-hybridized carbons (Fsp3) is 0. The van der Waals surface area contributed by atoms with Crippen LogP contribution in [0.3, 0.4) is 0 Å². The molecule has 0 amide bonds. The number of anilines is 2. The number of hydrogen-bond donors (Lipinski definition) is 0. The Labute approximate surface area is 268 Å².